The highest BCUT2D eigenvalue weighted by molar-refractivity contribution is 7.92. The summed E-state index contributed by atoms with van der Waals surface area (Å²) < 4.78 is 26.7. The van der Waals surface area contributed by atoms with Crippen LogP contribution in [0.25, 0.3) is 0 Å². The number of para-hydroxylation sites is 1. The zero-order valence-corrected chi connectivity index (χ0v) is 15.9. The van der Waals surface area contributed by atoms with E-state index < -0.39 is 10.0 Å². The highest BCUT2D eigenvalue weighted by Gasteiger charge is 2.21. The molecular formula is C21H20N2O3S. The monoisotopic (exact) mass is 380 g/mol. The number of benzene rings is 3. The summed E-state index contributed by atoms with van der Waals surface area (Å²) >= 11 is 0. The summed E-state index contributed by atoms with van der Waals surface area (Å²) in [5, 5.41) is 2.79. The number of nitrogens with one attached hydrogen (secondary N) is 1. The van der Waals surface area contributed by atoms with Crippen molar-refractivity contribution in [2.24, 2.45) is 0 Å². The van der Waals surface area contributed by atoms with Crippen molar-refractivity contribution in [2.75, 3.05) is 16.7 Å². The average molecular weight is 380 g/mol. The Morgan fingerprint density at radius 2 is 1.44 bits per heavy atom. The Bertz CT molecular complexity index is 1030. The zero-order chi connectivity index (χ0) is 19.4. The Morgan fingerprint density at radius 3 is 2.04 bits per heavy atom. The van der Waals surface area contributed by atoms with Crippen LogP contribution in [-0.4, -0.2) is 21.4 Å². The SMILES string of the molecule is Cc1ccc(NC(=O)c2ccc(S(=O)(=O)N(C)c3ccccc3)cc2)cc1. The first-order chi connectivity index (χ1) is 12.9. The van der Waals surface area contributed by atoms with Crippen LogP contribution in [0.15, 0.2) is 83.8 Å². The molecule has 0 atom stereocenters. The second-order valence-corrected chi connectivity index (χ2v) is 8.12. The number of carbonyl (C=O) groups excluding carboxylic acids is 1. The van der Waals surface area contributed by atoms with Crippen LogP contribution >= 0.6 is 0 Å². The van der Waals surface area contributed by atoms with Crippen molar-refractivity contribution >= 4 is 27.3 Å². The van der Waals surface area contributed by atoms with Crippen molar-refractivity contribution < 1.29 is 13.2 Å². The van der Waals surface area contributed by atoms with Crippen LogP contribution in [0.2, 0.25) is 0 Å². The molecule has 0 heterocycles. The van der Waals surface area contributed by atoms with Crippen LogP contribution in [-0.2, 0) is 10.0 Å². The molecule has 0 saturated carbocycles. The van der Waals surface area contributed by atoms with Crippen molar-refractivity contribution in [1.82, 2.24) is 0 Å². The van der Waals surface area contributed by atoms with Crippen LogP contribution in [0, 0.1) is 6.92 Å². The van der Waals surface area contributed by atoms with Gasteiger partial charge in [0.25, 0.3) is 15.9 Å². The van der Waals surface area contributed by atoms with Gasteiger partial charge in [-0.15, -0.1) is 0 Å². The molecule has 0 saturated heterocycles. The fourth-order valence-corrected chi connectivity index (χ4v) is 3.75. The van der Waals surface area contributed by atoms with Crippen LogP contribution in [0.5, 0.6) is 0 Å². The number of carbonyl (C=O) groups is 1. The van der Waals surface area contributed by atoms with E-state index in [4.69, 9.17) is 0 Å². The highest BCUT2D eigenvalue weighted by Crippen LogP contribution is 2.22. The third kappa shape index (κ3) is 4.17. The molecule has 3 aromatic rings. The van der Waals surface area contributed by atoms with Gasteiger partial charge < -0.3 is 5.32 Å². The Balaban J connectivity index is 1.78. The molecule has 3 rings (SSSR count). The van der Waals surface area contributed by atoms with E-state index in [1.807, 2.05) is 37.3 Å². The summed E-state index contributed by atoms with van der Waals surface area (Å²) in [6.45, 7) is 1.97. The third-order valence-electron chi connectivity index (χ3n) is 4.20. The van der Waals surface area contributed by atoms with Gasteiger partial charge in [-0.3, -0.25) is 9.10 Å². The van der Waals surface area contributed by atoms with Crippen molar-refractivity contribution in [3.05, 3.63) is 90.0 Å². The molecule has 1 amide bonds. The lowest BCUT2D eigenvalue weighted by atomic mass is 10.2. The van der Waals surface area contributed by atoms with E-state index in [9.17, 15) is 13.2 Å². The van der Waals surface area contributed by atoms with Gasteiger partial charge in [-0.1, -0.05) is 35.9 Å². The molecule has 0 spiro atoms. The van der Waals surface area contributed by atoms with Crippen LogP contribution in [0.1, 0.15) is 15.9 Å². The van der Waals surface area contributed by atoms with Gasteiger partial charge >= 0.3 is 0 Å². The third-order valence-corrected chi connectivity index (χ3v) is 6.00. The first-order valence-corrected chi connectivity index (χ1v) is 9.84. The van der Waals surface area contributed by atoms with Gasteiger partial charge in [0.2, 0.25) is 0 Å². The number of hydrogen-bond acceptors (Lipinski definition) is 3. The van der Waals surface area contributed by atoms with E-state index in [1.165, 1.54) is 35.6 Å². The van der Waals surface area contributed by atoms with E-state index in [1.54, 1.807) is 24.3 Å². The summed E-state index contributed by atoms with van der Waals surface area (Å²) in [4.78, 5) is 12.5. The van der Waals surface area contributed by atoms with Crippen molar-refractivity contribution in [1.29, 1.82) is 0 Å². The zero-order valence-electron chi connectivity index (χ0n) is 15.1. The Labute approximate surface area is 159 Å². The second-order valence-electron chi connectivity index (χ2n) is 6.15. The van der Waals surface area contributed by atoms with Crippen molar-refractivity contribution in [3.63, 3.8) is 0 Å². The first-order valence-electron chi connectivity index (χ1n) is 8.40. The lowest BCUT2D eigenvalue weighted by molar-refractivity contribution is 0.102. The van der Waals surface area contributed by atoms with Gasteiger partial charge in [-0.25, -0.2) is 8.42 Å². The molecule has 138 valence electrons. The topological polar surface area (TPSA) is 66.5 Å². The smallest absolute Gasteiger partial charge is 0.264 e. The van der Waals surface area contributed by atoms with Gasteiger partial charge in [0.1, 0.15) is 0 Å². The van der Waals surface area contributed by atoms with Crippen LogP contribution in [0.3, 0.4) is 0 Å². The summed E-state index contributed by atoms with van der Waals surface area (Å²) in [5.41, 5.74) is 2.74. The first kappa shape index (κ1) is 18.7. The van der Waals surface area contributed by atoms with Crippen LogP contribution < -0.4 is 9.62 Å². The van der Waals surface area contributed by atoms with Gasteiger partial charge in [0, 0.05) is 18.3 Å². The molecule has 6 heteroatoms. The van der Waals surface area contributed by atoms with Crippen molar-refractivity contribution in [3.8, 4) is 0 Å². The number of sulfonamides is 1. The number of amides is 1. The predicted molar refractivity (Wildman–Crippen MR) is 108 cm³/mol. The maximum atomic E-state index is 12.8. The quantitative estimate of drug-likeness (QED) is 0.725. The molecule has 0 radical (unpaired) electrons. The van der Waals surface area contributed by atoms with Crippen LogP contribution in [0.4, 0.5) is 11.4 Å². The molecule has 1 N–H and O–H groups in total. The molecule has 0 aromatic heterocycles. The molecule has 0 fully saturated rings. The summed E-state index contributed by atoms with van der Waals surface area (Å²) in [7, 11) is -2.19. The molecule has 3 aromatic carbocycles. The fraction of sp³-hybridized carbons (Fsp3) is 0.0952. The second kappa shape index (κ2) is 7.63. The number of anilines is 2. The molecule has 0 aliphatic rings. The van der Waals surface area contributed by atoms with E-state index in [2.05, 4.69) is 5.32 Å². The average Bonchev–Trinajstić information content (AvgIpc) is 2.70. The van der Waals surface area contributed by atoms with E-state index in [-0.39, 0.29) is 10.8 Å². The number of aryl methyl sites for hydroxylation is 1. The van der Waals surface area contributed by atoms with Gasteiger partial charge in [0.05, 0.1) is 10.6 Å². The van der Waals surface area contributed by atoms with E-state index in [0.717, 1.165) is 5.56 Å². The summed E-state index contributed by atoms with van der Waals surface area (Å²) in [6.07, 6.45) is 0. The summed E-state index contributed by atoms with van der Waals surface area (Å²) in [5.74, 6) is -0.292. The minimum Gasteiger partial charge on any atom is -0.322 e. The molecule has 5 nitrogen and oxygen atoms in total. The Morgan fingerprint density at radius 1 is 0.852 bits per heavy atom. The van der Waals surface area contributed by atoms with E-state index in [0.29, 0.717) is 16.9 Å². The molecule has 0 bridgehead atoms. The molecule has 27 heavy (non-hydrogen) atoms. The summed E-state index contributed by atoms with van der Waals surface area (Å²) in [6, 6.07) is 22.2. The fourth-order valence-electron chi connectivity index (χ4n) is 2.55. The Hall–Kier alpha value is -3.12. The molecule has 0 aliphatic carbocycles. The number of hydrogen-bond donors (Lipinski definition) is 1. The minimum absolute atomic E-state index is 0.126. The number of nitrogens with zero attached hydrogens (tertiary/aromatic N) is 1. The maximum absolute atomic E-state index is 12.8. The lowest BCUT2D eigenvalue weighted by Crippen LogP contribution is -2.26. The minimum atomic E-state index is -3.70. The largest absolute Gasteiger partial charge is 0.322 e. The van der Waals surface area contributed by atoms with E-state index >= 15 is 0 Å². The number of rotatable bonds is 5. The van der Waals surface area contributed by atoms with Crippen molar-refractivity contribution in [2.45, 2.75) is 11.8 Å². The standard InChI is InChI=1S/C21H20N2O3S/c1-16-8-12-18(13-9-16)22-21(24)17-10-14-20(15-11-17)27(25,26)23(2)19-6-4-3-5-7-19/h3-15H,1-2H3,(H,22,24). The highest BCUT2D eigenvalue weighted by atomic mass is 32.2. The lowest BCUT2D eigenvalue weighted by Gasteiger charge is -2.19. The molecule has 0 unspecified atom stereocenters. The maximum Gasteiger partial charge on any atom is 0.264 e. The normalized spacial score (nSPS) is 11.0. The Kier molecular flexibility index (Phi) is 5.28. The predicted octanol–water partition coefficient (Wildman–Crippen LogP) is 4.07. The molecule has 0 aliphatic heterocycles. The van der Waals surface area contributed by atoms with Gasteiger partial charge in [-0.05, 0) is 55.5 Å². The van der Waals surface area contributed by atoms with Gasteiger partial charge in [-0.2, -0.15) is 0 Å². The molecular weight excluding hydrogens is 360 g/mol. The van der Waals surface area contributed by atoms with Gasteiger partial charge in [0.15, 0.2) is 0 Å².